The third-order valence-electron chi connectivity index (χ3n) is 4.20. The molecule has 0 bridgehead atoms. The maximum absolute atomic E-state index is 11.7. The van der Waals surface area contributed by atoms with Crippen molar-refractivity contribution in [1.82, 2.24) is 15.0 Å². The number of aromatic nitrogens is 3. The second-order valence-electron chi connectivity index (χ2n) is 6.29. The zero-order valence-corrected chi connectivity index (χ0v) is 14.5. The fraction of sp³-hybridized carbons (Fsp3) is 0.200. The zero-order chi connectivity index (χ0) is 18.1. The highest BCUT2D eigenvalue weighted by atomic mass is 16.5. The van der Waals surface area contributed by atoms with Crippen LogP contribution in [0.3, 0.4) is 0 Å². The van der Waals surface area contributed by atoms with Gasteiger partial charge in [-0.2, -0.15) is 4.98 Å². The lowest BCUT2D eigenvalue weighted by molar-refractivity contribution is -0.135. The molecule has 0 aliphatic carbocycles. The molecule has 4 rings (SSSR count). The molecule has 2 aromatic heterocycles. The molecule has 3 heterocycles. The molecule has 0 N–H and O–H groups in total. The number of hydrogen-bond acceptors (Lipinski definition) is 6. The van der Waals surface area contributed by atoms with Gasteiger partial charge in [-0.3, -0.25) is 9.78 Å². The van der Waals surface area contributed by atoms with E-state index in [-0.39, 0.29) is 11.9 Å². The van der Waals surface area contributed by atoms with E-state index in [1.54, 1.807) is 24.5 Å². The number of hydrogen-bond donors (Lipinski definition) is 0. The fourth-order valence-electron chi connectivity index (χ4n) is 2.94. The van der Waals surface area contributed by atoms with Crippen LogP contribution in [0.5, 0.6) is 17.4 Å². The average Bonchev–Trinajstić information content (AvgIpc) is 2.61. The highest BCUT2D eigenvalue weighted by molar-refractivity contribution is 5.76. The summed E-state index contributed by atoms with van der Waals surface area (Å²) < 4.78 is 11.2. The topological polar surface area (TPSA) is 74.2 Å². The van der Waals surface area contributed by atoms with E-state index in [9.17, 15) is 4.79 Å². The van der Waals surface area contributed by atoms with Crippen LogP contribution in [0.4, 0.5) is 0 Å². The number of benzene rings is 1. The van der Waals surface area contributed by atoms with Crippen LogP contribution in [0.25, 0.3) is 11.4 Å². The Morgan fingerprint density at radius 1 is 1.12 bits per heavy atom. The molecule has 0 amide bonds. The molecule has 0 fully saturated rings. The SMILES string of the molecule is Cc1cc(Oc2ccc3c(c2)OC(=O)CC3C)nc(-c2ccncc2)n1. The van der Waals surface area contributed by atoms with Gasteiger partial charge < -0.3 is 9.47 Å². The zero-order valence-electron chi connectivity index (χ0n) is 14.5. The van der Waals surface area contributed by atoms with Crippen molar-refractivity contribution in [1.29, 1.82) is 0 Å². The summed E-state index contributed by atoms with van der Waals surface area (Å²) in [6.45, 7) is 3.89. The maximum Gasteiger partial charge on any atom is 0.311 e. The van der Waals surface area contributed by atoms with E-state index in [0.717, 1.165) is 16.8 Å². The Morgan fingerprint density at radius 2 is 1.92 bits per heavy atom. The number of ether oxygens (including phenoxy) is 2. The number of nitrogens with zero attached hydrogens (tertiary/aromatic N) is 3. The number of carbonyl (C=O) groups is 1. The van der Waals surface area contributed by atoms with E-state index in [1.165, 1.54) is 0 Å². The van der Waals surface area contributed by atoms with Gasteiger partial charge >= 0.3 is 5.97 Å². The Labute approximate surface area is 150 Å². The molecule has 6 heteroatoms. The molecule has 0 saturated heterocycles. The van der Waals surface area contributed by atoms with Crippen LogP contribution in [0.15, 0.2) is 48.8 Å². The Bertz CT molecular complexity index is 973. The van der Waals surface area contributed by atoms with Crippen molar-refractivity contribution in [2.45, 2.75) is 26.2 Å². The number of pyridine rings is 1. The lowest BCUT2D eigenvalue weighted by Gasteiger charge is -2.21. The van der Waals surface area contributed by atoms with E-state index < -0.39 is 0 Å². The Kier molecular flexibility index (Phi) is 4.08. The largest absolute Gasteiger partial charge is 0.439 e. The summed E-state index contributed by atoms with van der Waals surface area (Å²) in [6.07, 6.45) is 3.79. The molecule has 1 unspecified atom stereocenters. The van der Waals surface area contributed by atoms with Crippen LogP contribution in [0.2, 0.25) is 0 Å². The van der Waals surface area contributed by atoms with Gasteiger partial charge in [0.1, 0.15) is 11.5 Å². The van der Waals surface area contributed by atoms with Crippen molar-refractivity contribution < 1.29 is 14.3 Å². The van der Waals surface area contributed by atoms with Crippen LogP contribution in [0.1, 0.15) is 30.5 Å². The van der Waals surface area contributed by atoms with Gasteiger partial charge in [0.15, 0.2) is 5.82 Å². The highest BCUT2D eigenvalue weighted by Crippen LogP contribution is 2.37. The number of esters is 1. The summed E-state index contributed by atoms with van der Waals surface area (Å²) in [7, 11) is 0. The van der Waals surface area contributed by atoms with Gasteiger partial charge in [-0.25, -0.2) is 4.98 Å². The molecule has 130 valence electrons. The van der Waals surface area contributed by atoms with Gasteiger partial charge in [0.25, 0.3) is 0 Å². The van der Waals surface area contributed by atoms with Crippen LogP contribution in [0, 0.1) is 6.92 Å². The molecule has 1 aliphatic heterocycles. The smallest absolute Gasteiger partial charge is 0.311 e. The first-order valence-corrected chi connectivity index (χ1v) is 8.37. The summed E-state index contributed by atoms with van der Waals surface area (Å²) in [5.74, 6) is 2.02. The van der Waals surface area contributed by atoms with Gasteiger partial charge in [0, 0.05) is 35.8 Å². The lowest BCUT2D eigenvalue weighted by atomic mass is 9.95. The number of aryl methyl sites for hydroxylation is 1. The third kappa shape index (κ3) is 3.26. The van der Waals surface area contributed by atoms with E-state index >= 15 is 0 Å². The van der Waals surface area contributed by atoms with Crippen LogP contribution < -0.4 is 9.47 Å². The van der Waals surface area contributed by atoms with Crippen molar-refractivity contribution >= 4 is 5.97 Å². The van der Waals surface area contributed by atoms with Crippen molar-refractivity contribution in [3.8, 4) is 28.8 Å². The van der Waals surface area contributed by atoms with Crippen molar-refractivity contribution in [3.05, 3.63) is 60.0 Å². The molecule has 0 radical (unpaired) electrons. The predicted octanol–water partition coefficient (Wildman–Crippen LogP) is 4.05. The molecule has 1 aromatic carbocycles. The summed E-state index contributed by atoms with van der Waals surface area (Å²) in [5.41, 5.74) is 2.66. The number of rotatable bonds is 3. The monoisotopic (exact) mass is 347 g/mol. The average molecular weight is 347 g/mol. The molecule has 0 spiro atoms. The summed E-state index contributed by atoms with van der Waals surface area (Å²) in [5, 5.41) is 0. The minimum Gasteiger partial charge on any atom is -0.439 e. The van der Waals surface area contributed by atoms with Gasteiger partial charge in [0.2, 0.25) is 5.88 Å². The number of fused-ring (bicyclic) bond motifs is 1. The van der Waals surface area contributed by atoms with Crippen molar-refractivity contribution in [3.63, 3.8) is 0 Å². The molecular weight excluding hydrogens is 330 g/mol. The van der Waals surface area contributed by atoms with Crippen LogP contribution in [-0.4, -0.2) is 20.9 Å². The van der Waals surface area contributed by atoms with Crippen LogP contribution >= 0.6 is 0 Å². The Morgan fingerprint density at radius 3 is 2.73 bits per heavy atom. The fourth-order valence-corrected chi connectivity index (χ4v) is 2.94. The molecular formula is C20H17N3O3. The minimum absolute atomic E-state index is 0.139. The first-order valence-electron chi connectivity index (χ1n) is 8.37. The molecule has 0 saturated carbocycles. The third-order valence-corrected chi connectivity index (χ3v) is 4.20. The van der Waals surface area contributed by atoms with E-state index in [4.69, 9.17) is 9.47 Å². The molecule has 1 aliphatic rings. The second kappa shape index (κ2) is 6.55. The van der Waals surface area contributed by atoms with Crippen molar-refractivity contribution in [2.75, 3.05) is 0 Å². The van der Waals surface area contributed by atoms with Gasteiger partial charge in [0.05, 0.1) is 6.42 Å². The van der Waals surface area contributed by atoms with Gasteiger partial charge in [-0.1, -0.05) is 13.0 Å². The minimum atomic E-state index is -0.222. The number of carbonyl (C=O) groups excluding carboxylic acids is 1. The molecule has 1 atom stereocenters. The van der Waals surface area contributed by atoms with E-state index in [1.807, 2.05) is 38.1 Å². The summed E-state index contributed by atoms with van der Waals surface area (Å²) in [6, 6.07) is 11.0. The van der Waals surface area contributed by atoms with Gasteiger partial charge in [-0.05, 0) is 36.6 Å². The lowest BCUT2D eigenvalue weighted by Crippen LogP contribution is -2.18. The molecule has 26 heavy (non-hydrogen) atoms. The van der Waals surface area contributed by atoms with Gasteiger partial charge in [-0.15, -0.1) is 0 Å². The summed E-state index contributed by atoms with van der Waals surface area (Å²) >= 11 is 0. The van der Waals surface area contributed by atoms with Crippen LogP contribution in [-0.2, 0) is 4.79 Å². The maximum atomic E-state index is 11.7. The predicted molar refractivity (Wildman–Crippen MR) is 95.2 cm³/mol. The molecule has 3 aromatic rings. The standard InChI is InChI=1S/C20H17N3O3/c1-12-9-19(24)26-17-11-15(3-4-16(12)17)25-18-10-13(2)22-20(23-18)14-5-7-21-8-6-14/h3-8,10-12H,9H2,1-2H3. The quantitative estimate of drug-likeness (QED) is 0.525. The first kappa shape index (κ1) is 16.2. The molecule has 6 nitrogen and oxygen atoms in total. The summed E-state index contributed by atoms with van der Waals surface area (Å²) in [4.78, 5) is 24.6. The normalized spacial score (nSPS) is 15.9. The Hall–Kier alpha value is -3.28. The first-order chi connectivity index (χ1) is 12.6. The Balaban J connectivity index is 1.65. The second-order valence-corrected chi connectivity index (χ2v) is 6.29. The van der Waals surface area contributed by atoms with E-state index in [2.05, 4.69) is 15.0 Å². The highest BCUT2D eigenvalue weighted by Gasteiger charge is 2.24. The van der Waals surface area contributed by atoms with E-state index in [0.29, 0.717) is 29.6 Å². The van der Waals surface area contributed by atoms with Crippen molar-refractivity contribution in [2.24, 2.45) is 0 Å².